The summed E-state index contributed by atoms with van der Waals surface area (Å²) in [4.78, 5) is 12.8. The molecule has 2 atom stereocenters. The summed E-state index contributed by atoms with van der Waals surface area (Å²) >= 11 is 0. The molecule has 2 aliphatic heterocycles. The molecule has 0 spiro atoms. The number of rotatable bonds is 4. The van der Waals surface area contributed by atoms with Crippen LogP contribution in [0.15, 0.2) is 11.6 Å². The zero-order chi connectivity index (χ0) is 15.8. The lowest BCUT2D eigenvalue weighted by Gasteiger charge is -2.27. The van der Waals surface area contributed by atoms with Crippen LogP contribution >= 0.6 is 0 Å². The third-order valence-electron chi connectivity index (χ3n) is 5.28. The second-order valence-corrected chi connectivity index (χ2v) is 8.81. The quantitative estimate of drug-likeness (QED) is 0.717. The van der Waals surface area contributed by atoms with Crippen LogP contribution in [-0.2, 0) is 14.8 Å². The van der Waals surface area contributed by atoms with Gasteiger partial charge < -0.3 is 10.6 Å². The Labute approximate surface area is 132 Å². The van der Waals surface area contributed by atoms with Gasteiger partial charge in [0.2, 0.25) is 15.9 Å². The number of sulfonamides is 1. The number of hydrogen-bond donors (Lipinski definition) is 2. The Bertz CT molecular complexity index is 587. The summed E-state index contributed by atoms with van der Waals surface area (Å²) in [6, 6.07) is 0. The molecule has 1 aliphatic carbocycles. The lowest BCUT2D eigenvalue weighted by Crippen LogP contribution is -2.48. The molecule has 3 rings (SSSR count). The number of nitrogens with zero attached hydrogens (tertiary/aromatic N) is 1. The van der Waals surface area contributed by atoms with Gasteiger partial charge in [-0.15, -0.1) is 0 Å². The van der Waals surface area contributed by atoms with Gasteiger partial charge >= 0.3 is 0 Å². The van der Waals surface area contributed by atoms with Crippen molar-refractivity contribution in [2.45, 2.75) is 25.7 Å². The molecule has 0 saturated carbocycles. The number of allylic oxidation sites excluding steroid dienone is 1. The van der Waals surface area contributed by atoms with Crippen molar-refractivity contribution < 1.29 is 13.2 Å². The Morgan fingerprint density at radius 1 is 1.50 bits per heavy atom. The third kappa shape index (κ3) is 2.94. The average Bonchev–Trinajstić information content (AvgIpc) is 3.03. The normalized spacial score (nSPS) is 32.6. The maximum absolute atomic E-state index is 12.8. The summed E-state index contributed by atoms with van der Waals surface area (Å²) in [6.07, 6.45) is 8.03. The molecule has 0 bridgehead atoms. The van der Waals surface area contributed by atoms with Crippen LogP contribution in [-0.4, -0.2) is 57.6 Å². The molecule has 0 radical (unpaired) electrons. The van der Waals surface area contributed by atoms with Crippen molar-refractivity contribution >= 4 is 15.9 Å². The number of amides is 1. The zero-order valence-corrected chi connectivity index (χ0v) is 13.9. The van der Waals surface area contributed by atoms with Gasteiger partial charge in [0.05, 0.1) is 11.7 Å². The molecule has 22 heavy (non-hydrogen) atoms. The lowest BCUT2D eigenvalue weighted by atomic mass is 9.80. The zero-order valence-electron chi connectivity index (χ0n) is 13.1. The Balaban J connectivity index is 1.68. The molecule has 2 saturated heterocycles. The van der Waals surface area contributed by atoms with Crippen molar-refractivity contribution in [2.75, 3.05) is 39.0 Å². The molecule has 0 unspecified atom stereocenters. The van der Waals surface area contributed by atoms with E-state index in [-0.39, 0.29) is 11.8 Å². The monoisotopic (exact) mass is 327 g/mol. The van der Waals surface area contributed by atoms with E-state index in [0.29, 0.717) is 32.7 Å². The first kappa shape index (κ1) is 16.0. The summed E-state index contributed by atoms with van der Waals surface area (Å²) < 4.78 is 25.1. The van der Waals surface area contributed by atoms with Gasteiger partial charge in [-0.2, -0.15) is 0 Å². The van der Waals surface area contributed by atoms with Crippen LogP contribution in [0.2, 0.25) is 0 Å². The lowest BCUT2D eigenvalue weighted by molar-refractivity contribution is -0.130. The molecule has 7 heteroatoms. The molecule has 6 nitrogen and oxygen atoms in total. The second kappa shape index (κ2) is 5.94. The van der Waals surface area contributed by atoms with E-state index in [2.05, 4.69) is 16.7 Å². The van der Waals surface area contributed by atoms with E-state index in [0.717, 1.165) is 12.8 Å². The summed E-state index contributed by atoms with van der Waals surface area (Å²) in [5.41, 5.74) is 0.703. The maximum atomic E-state index is 12.8. The van der Waals surface area contributed by atoms with E-state index in [1.165, 1.54) is 29.0 Å². The van der Waals surface area contributed by atoms with Crippen LogP contribution in [0.3, 0.4) is 0 Å². The number of carbonyl (C=O) groups excluding carboxylic acids is 1. The predicted octanol–water partition coefficient (Wildman–Crippen LogP) is 0.0840. The van der Waals surface area contributed by atoms with Crippen LogP contribution in [0.25, 0.3) is 0 Å². The standard InChI is InChI=1S/C15H25N3O3S/c1-22(20,21)18-9-13-8-16-10-15(13,11-18)14(19)17-7-12-5-3-2-4-6-12/h5,13,16H,2-4,6-11H2,1H3,(H,17,19)/t13-,15-/m1/s1. The minimum atomic E-state index is -3.24. The Morgan fingerprint density at radius 3 is 3.00 bits per heavy atom. The van der Waals surface area contributed by atoms with Crippen LogP contribution < -0.4 is 10.6 Å². The number of nitrogens with one attached hydrogen (secondary N) is 2. The van der Waals surface area contributed by atoms with Gasteiger partial charge in [-0.1, -0.05) is 11.6 Å². The number of fused-ring (bicyclic) bond motifs is 1. The maximum Gasteiger partial charge on any atom is 0.229 e. The predicted molar refractivity (Wildman–Crippen MR) is 84.8 cm³/mol. The van der Waals surface area contributed by atoms with Crippen molar-refractivity contribution in [3.05, 3.63) is 11.6 Å². The van der Waals surface area contributed by atoms with Crippen molar-refractivity contribution in [3.8, 4) is 0 Å². The third-order valence-corrected chi connectivity index (χ3v) is 6.49. The van der Waals surface area contributed by atoms with Crippen LogP contribution in [0.5, 0.6) is 0 Å². The number of hydrogen-bond acceptors (Lipinski definition) is 4. The molecular weight excluding hydrogens is 302 g/mol. The Hall–Kier alpha value is -0.920. The molecule has 2 fully saturated rings. The topological polar surface area (TPSA) is 78.5 Å². The molecule has 0 aromatic carbocycles. The van der Waals surface area contributed by atoms with E-state index < -0.39 is 15.4 Å². The summed E-state index contributed by atoms with van der Waals surface area (Å²) in [5.74, 6) is 0.0719. The highest BCUT2D eigenvalue weighted by atomic mass is 32.2. The molecule has 2 N–H and O–H groups in total. The summed E-state index contributed by atoms with van der Waals surface area (Å²) in [7, 11) is -3.24. The van der Waals surface area contributed by atoms with Crippen LogP contribution in [0.4, 0.5) is 0 Å². The van der Waals surface area contributed by atoms with Gasteiger partial charge in [0.1, 0.15) is 0 Å². The van der Waals surface area contributed by atoms with Crippen molar-refractivity contribution in [2.24, 2.45) is 11.3 Å². The minimum Gasteiger partial charge on any atom is -0.352 e. The Morgan fingerprint density at radius 2 is 2.32 bits per heavy atom. The van der Waals surface area contributed by atoms with E-state index in [1.807, 2.05) is 0 Å². The first-order valence-corrected chi connectivity index (χ1v) is 9.89. The van der Waals surface area contributed by atoms with Gasteiger partial charge in [-0.05, 0) is 25.7 Å². The highest BCUT2D eigenvalue weighted by molar-refractivity contribution is 7.88. The first-order valence-electron chi connectivity index (χ1n) is 8.04. The van der Waals surface area contributed by atoms with Gasteiger partial charge in [0.25, 0.3) is 0 Å². The van der Waals surface area contributed by atoms with Crippen molar-refractivity contribution in [1.82, 2.24) is 14.9 Å². The fraction of sp³-hybridized carbons (Fsp3) is 0.800. The van der Waals surface area contributed by atoms with E-state index in [1.54, 1.807) is 0 Å². The highest BCUT2D eigenvalue weighted by Gasteiger charge is 2.56. The molecule has 0 aromatic heterocycles. The van der Waals surface area contributed by atoms with Crippen molar-refractivity contribution in [1.29, 1.82) is 0 Å². The van der Waals surface area contributed by atoms with Gasteiger partial charge in [-0.25, -0.2) is 12.7 Å². The van der Waals surface area contributed by atoms with Crippen LogP contribution in [0.1, 0.15) is 25.7 Å². The van der Waals surface area contributed by atoms with Gasteiger partial charge in [0.15, 0.2) is 0 Å². The fourth-order valence-electron chi connectivity index (χ4n) is 3.88. The smallest absolute Gasteiger partial charge is 0.229 e. The fourth-order valence-corrected chi connectivity index (χ4v) is 4.80. The van der Waals surface area contributed by atoms with Gasteiger partial charge in [-0.3, -0.25) is 4.79 Å². The molecule has 3 aliphatic rings. The van der Waals surface area contributed by atoms with E-state index >= 15 is 0 Å². The summed E-state index contributed by atoms with van der Waals surface area (Å²) in [5, 5.41) is 6.32. The minimum absolute atomic E-state index is 0.000114. The second-order valence-electron chi connectivity index (χ2n) is 6.83. The van der Waals surface area contributed by atoms with Gasteiger partial charge in [0, 0.05) is 38.6 Å². The van der Waals surface area contributed by atoms with E-state index in [4.69, 9.17) is 0 Å². The summed E-state index contributed by atoms with van der Waals surface area (Å²) in [6.45, 7) is 2.62. The van der Waals surface area contributed by atoms with E-state index in [9.17, 15) is 13.2 Å². The highest BCUT2D eigenvalue weighted by Crippen LogP contribution is 2.40. The molecular formula is C15H25N3O3S. The Kier molecular flexibility index (Phi) is 4.31. The molecule has 1 amide bonds. The first-order chi connectivity index (χ1) is 10.4. The SMILES string of the molecule is CS(=O)(=O)N1C[C@H]2CNC[C@@]2(C(=O)NCC2=CCCCC2)C1. The molecule has 124 valence electrons. The molecule has 2 heterocycles. The van der Waals surface area contributed by atoms with Crippen molar-refractivity contribution in [3.63, 3.8) is 0 Å². The largest absolute Gasteiger partial charge is 0.352 e. The average molecular weight is 327 g/mol. The molecule has 0 aromatic rings. The number of carbonyl (C=O) groups is 1. The van der Waals surface area contributed by atoms with Crippen LogP contribution in [0, 0.1) is 11.3 Å².